The van der Waals surface area contributed by atoms with Crippen molar-refractivity contribution in [2.75, 3.05) is 13.1 Å². The molecule has 1 aliphatic heterocycles. The van der Waals surface area contributed by atoms with E-state index in [-0.39, 0.29) is 12.3 Å². The highest BCUT2D eigenvalue weighted by molar-refractivity contribution is 5.79. The number of likely N-dealkylation sites (tertiary alicyclic amines) is 1. The van der Waals surface area contributed by atoms with Gasteiger partial charge in [-0.3, -0.25) is 4.79 Å². The lowest BCUT2D eigenvalue weighted by atomic mass is 10.2. The van der Waals surface area contributed by atoms with Gasteiger partial charge in [0, 0.05) is 6.54 Å². The summed E-state index contributed by atoms with van der Waals surface area (Å²) in [5.74, 6) is 0.368. The lowest BCUT2D eigenvalue weighted by molar-refractivity contribution is -0.128. The van der Waals surface area contributed by atoms with Gasteiger partial charge in [-0.25, -0.2) is 4.79 Å². The van der Waals surface area contributed by atoms with E-state index in [1.807, 2.05) is 13.8 Å². The number of ether oxygens (including phenoxy) is 1. The van der Waals surface area contributed by atoms with E-state index in [1.165, 1.54) is 0 Å². The van der Waals surface area contributed by atoms with E-state index in [9.17, 15) is 9.59 Å². The summed E-state index contributed by atoms with van der Waals surface area (Å²) in [5.41, 5.74) is 0. The van der Waals surface area contributed by atoms with E-state index in [4.69, 9.17) is 5.11 Å². The van der Waals surface area contributed by atoms with Gasteiger partial charge in [-0.1, -0.05) is 13.8 Å². The summed E-state index contributed by atoms with van der Waals surface area (Å²) in [6.45, 7) is 5.08. The quantitative estimate of drug-likeness (QED) is 0.690. The van der Waals surface area contributed by atoms with Gasteiger partial charge in [0.15, 0.2) is 0 Å². The smallest absolute Gasteiger partial charge is 0.450 e. The van der Waals surface area contributed by atoms with Gasteiger partial charge in [-0.05, 0) is 5.92 Å². The lowest BCUT2D eigenvalue weighted by Gasteiger charge is -2.18. The van der Waals surface area contributed by atoms with Crippen LogP contribution >= 0.6 is 0 Å². The van der Waals surface area contributed by atoms with E-state index >= 15 is 0 Å². The molecule has 0 bridgehead atoms. The highest BCUT2D eigenvalue weighted by Crippen LogP contribution is 2.15. The Labute approximate surface area is 82.6 Å². The summed E-state index contributed by atoms with van der Waals surface area (Å²) >= 11 is 0. The van der Waals surface area contributed by atoms with Crippen molar-refractivity contribution in [3.8, 4) is 0 Å². The first kappa shape index (κ1) is 10.8. The normalized spacial score (nSPS) is 21.8. The van der Waals surface area contributed by atoms with Gasteiger partial charge in [0.05, 0.1) is 13.0 Å². The van der Waals surface area contributed by atoms with Crippen LogP contribution in [0, 0.1) is 5.92 Å². The molecule has 5 heteroatoms. The van der Waals surface area contributed by atoms with Crippen LogP contribution in [0.25, 0.3) is 0 Å². The molecule has 1 N–H and O–H groups in total. The fourth-order valence-electron chi connectivity index (χ4n) is 1.57. The van der Waals surface area contributed by atoms with Gasteiger partial charge in [0.1, 0.15) is 6.10 Å². The van der Waals surface area contributed by atoms with E-state index in [1.54, 1.807) is 4.90 Å². The molecule has 1 unspecified atom stereocenters. The van der Waals surface area contributed by atoms with Gasteiger partial charge in [0.2, 0.25) is 5.91 Å². The van der Waals surface area contributed by atoms with Gasteiger partial charge < -0.3 is 14.7 Å². The molecule has 0 saturated carbocycles. The minimum atomic E-state index is -1.31. The summed E-state index contributed by atoms with van der Waals surface area (Å²) < 4.78 is 4.55. The van der Waals surface area contributed by atoms with Crippen molar-refractivity contribution in [3.05, 3.63) is 0 Å². The molecule has 0 aromatic carbocycles. The maximum atomic E-state index is 11.4. The van der Waals surface area contributed by atoms with Crippen molar-refractivity contribution in [2.24, 2.45) is 5.92 Å². The number of carboxylic acid groups (broad SMARTS) is 1. The second-order valence-electron chi connectivity index (χ2n) is 3.90. The first-order chi connectivity index (χ1) is 6.49. The van der Waals surface area contributed by atoms with Gasteiger partial charge in [0.25, 0.3) is 0 Å². The van der Waals surface area contributed by atoms with Crippen LogP contribution in [0.1, 0.15) is 20.3 Å². The monoisotopic (exact) mass is 201 g/mol. The number of rotatable bonds is 3. The van der Waals surface area contributed by atoms with Crippen molar-refractivity contribution in [3.63, 3.8) is 0 Å². The van der Waals surface area contributed by atoms with Crippen LogP contribution in [0.4, 0.5) is 4.79 Å². The minimum Gasteiger partial charge on any atom is -0.450 e. The molecule has 1 heterocycles. The lowest BCUT2D eigenvalue weighted by Crippen LogP contribution is -2.30. The molecule has 1 rings (SSSR count). The molecule has 0 spiro atoms. The number of carbonyl (C=O) groups excluding carboxylic acids is 1. The first-order valence-corrected chi connectivity index (χ1v) is 4.66. The molecule has 0 aromatic heterocycles. The van der Waals surface area contributed by atoms with E-state index in [0.29, 0.717) is 19.0 Å². The SMILES string of the molecule is CC(C)CN1CC(OC(=O)O)CC1=O. The Hall–Kier alpha value is -1.26. The first-order valence-electron chi connectivity index (χ1n) is 4.66. The number of carbonyl (C=O) groups is 2. The van der Waals surface area contributed by atoms with Gasteiger partial charge in [-0.2, -0.15) is 0 Å². The van der Waals surface area contributed by atoms with Crippen LogP contribution in [0.2, 0.25) is 0 Å². The molecule has 1 fully saturated rings. The maximum absolute atomic E-state index is 11.4. The van der Waals surface area contributed by atoms with Crippen LogP contribution in [0.3, 0.4) is 0 Å². The molecule has 1 atom stereocenters. The summed E-state index contributed by atoms with van der Waals surface area (Å²) in [4.78, 5) is 23.2. The summed E-state index contributed by atoms with van der Waals surface area (Å²) in [5, 5.41) is 8.38. The van der Waals surface area contributed by atoms with Gasteiger partial charge in [-0.15, -0.1) is 0 Å². The second-order valence-corrected chi connectivity index (χ2v) is 3.90. The highest BCUT2D eigenvalue weighted by atomic mass is 16.7. The van der Waals surface area contributed by atoms with Gasteiger partial charge >= 0.3 is 6.16 Å². The Kier molecular flexibility index (Phi) is 3.33. The predicted octanol–water partition coefficient (Wildman–Crippen LogP) is 0.938. The van der Waals surface area contributed by atoms with Crippen molar-refractivity contribution < 1.29 is 19.4 Å². The third-order valence-electron chi connectivity index (χ3n) is 2.03. The Morgan fingerprint density at radius 3 is 2.86 bits per heavy atom. The fourth-order valence-corrected chi connectivity index (χ4v) is 1.57. The minimum absolute atomic E-state index is 0.0232. The van der Waals surface area contributed by atoms with Crippen LogP contribution in [-0.2, 0) is 9.53 Å². The molecule has 0 aromatic rings. The largest absolute Gasteiger partial charge is 0.506 e. The van der Waals surface area contributed by atoms with Crippen molar-refractivity contribution in [1.82, 2.24) is 4.90 Å². The third-order valence-corrected chi connectivity index (χ3v) is 2.03. The number of amides is 1. The molecule has 5 nitrogen and oxygen atoms in total. The number of nitrogens with zero attached hydrogens (tertiary/aromatic N) is 1. The average molecular weight is 201 g/mol. The Morgan fingerprint density at radius 2 is 2.36 bits per heavy atom. The standard InChI is InChI=1S/C9H15NO4/c1-6(2)4-10-5-7(3-8(10)11)14-9(12)13/h6-7H,3-5H2,1-2H3,(H,12,13). The van der Waals surface area contributed by atoms with Crippen molar-refractivity contribution in [1.29, 1.82) is 0 Å². The molecular weight excluding hydrogens is 186 g/mol. The van der Waals surface area contributed by atoms with E-state index in [0.717, 1.165) is 0 Å². The number of hydrogen-bond acceptors (Lipinski definition) is 3. The molecule has 14 heavy (non-hydrogen) atoms. The molecule has 1 amide bonds. The topological polar surface area (TPSA) is 66.8 Å². The van der Waals surface area contributed by atoms with Crippen molar-refractivity contribution >= 4 is 12.1 Å². The predicted molar refractivity (Wildman–Crippen MR) is 48.9 cm³/mol. The number of hydrogen-bond donors (Lipinski definition) is 1. The third kappa shape index (κ3) is 2.90. The second kappa shape index (κ2) is 4.30. The van der Waals surface area contributed by atoms with E-state index < -0.39 is 12.3 Å². The molecule has 0 radical (unpaired) electrons. The Bertz CT molecular complexity index is 239. The summed E-state index contributed by atoms with van der Waals surface area (Å²) in [7, 11) is 0. The molecule has 0 aliphatic carbocycles. The summed E-state index contributed by atoms with van der Waals surface area (Å²) in [6.07, 6.45) is -1.62. The Balaban J connectivity index is 2.43. The van der Waals surface area contributed by atoms with E-state index in [2.05, 4.69) is 4.74 Å². The zero-order chi connectivity index (χ0) is 10.7. The zero-order valence-electron chi connectivity index (χ0n) is 8.40. The Morgan fingerprint density at radius 1 is 1.71 bits per heavy atom. The zero-order valence-corrected chi connectivity index (χ0v) is 8.40. The van der Waals surface area contributed by atoms with Crippen LogP contribution in [0.5, 0.6) is 0 Å². The maximum Gasteiger partial charge on any atom is 0.506 e. The average Bonchev–Trinajstić information content (AvgIpc) is 2.28. The van der Waals surface area contributed by atoms with Crippen LogP contribution < -0.4 is 0 Å². The van der Waals surface area contributed by atoms with Crippen LogP contribution in [0.15, 0.2) is 0 Å². The summed E-state index contributed by atoms with van der Waals surface area (Å²) in [6, 6.07) is 0. The fraction of sp³-hybridized carbons (Fsp3) is 0.778. The molecular formula is C9H15NO4. The van der Waals surface area contributed by atoms with Crippen molar-refractivity contribution in [2.45, 2.75) is 26.4 Å². The molecule has 1 aliphatic rings. The molecule has 80 valence electrons. The van der Waals surface area contributed by atoms with Crippen LogP contribution in [-0.4, -0.2) is 41.3 Å². The highest BCUT2D eigenvalue weighted by Gasteiger charge is 2.32. The molecule has 1 saturated heterocycles.